The summed E-state index contributed by atoms with van der Waals surface area (Å²) in [5.41, 5.74) is 5.37. The highest BCUT2D eigenvalue weighted by atomic mass is 32.1. The van der Waals surface area contributed by atoms with Gasteiger partial charge in [-0.1, -0.05) is 72.9 Å². The molecule has 3 aromatic carbocycles. The van der Waals surface area contributed by atoms with Crippen LogP contribution in [-0.2, 0) is 0 Å². The summed E-state index contributed by atoms with van der Waals surface area (Å²) in [6.07, 6.45) is 0. The van der Waals surface area contributed by atoms with E-state index in [1.54, 1.807) is 0 Å². The Morgan fingerprint density at radius 2 is 1.33 bits per heavy atom. The standard InChI is InChI=1S/C22H16OS/c1-15-12-21(24)20-14-18(16-8-4-2-5-9-16)13-19(22(20)23-15)17-10-6-3-7-11-17/h2-14H,1H3. The van der Waals surface area contributed by atoms with Gasteiger partial charge in [-0.05, 0) is 41.8 Å². The van der Waals surface area contributed by atoms with Gasteiger partial charge in [-0.3, -0.25) is 0 Å². The van der Waals surface area contributed by atoms with E-state index in [-0.39, 0.29) is 0 Å². The van der Waals surface area contributed by atoms with Crippen molar-refractivity contribution in [2.45, 2.75) is 6.92 Å². The first kappa shape index (κ1) is 14.9. The molecule has 0 aliphatic carbocycles. The summed E-state index contributed by atoms with van der Waals surface area (Å²) in [5, 5.41) is 0.982. The third kappa shape index (κ3) is 2.66. The summed E-state index contributed by atoms with van der Waals surface area (Å²) in [6, 6.07) is 26.9. The van der Waals surface area contributed by atoms with Gasteiger partial charge in [0.15, 0.2) is 0 Å². The molecule has 0 aliphatic heterocycles. The van der Waals surface area contributed by atoms with Crippen LogP contribution in [0.1, 0.15) is 5.76 Å². The highest BCUT2D eigenvalue weighted by Crippen LogP contribution is 2.35. The molecule has 0 atom stereocenters. The smallest absolute Gasteiger partial charge is 0.143 e. The fraction of sp³-hybridized carbons (Fsp3) is 0.0455. The zero-order valence-corrected chi connectivity index (χ0v) is 14.1. The Kier molecular flexibility index (Phi) is 3.75. The average Bonchev–Trinajstić information content (AvgIpc) is 2.62. The monoisotopic (exact) mass is 328 g/mol. The van der Waals surface area contributed by atoms with E-state index in [9.17, 15) is 0 Å². The van der Waals surface area contributed by atoms with Gasteiger partial charge in [0.05, 0.1) is 4.51 Å². The molecule has 1 heterocycles. The van der Waals surface area contributed by atoms with Crippen LogP contribution < -0.4 is 0 Å². The van der Waals surface area contributed by atoms with E-state index in [0.717, 1.165) is 37.9 Å². The highest BCUT2D eigenvalue weighted by Gasteiger charge is 2.11. The zero-order valence-electron chi connectivity index (χ0n) is 13.3. The molecule has 0 unspecified atom stereocenters. The van der Waals surface area contributed by atoms with Gasteiger partial charge >= 0.3 is 0 Å². The van der Waals surface area contributed by atoms with Crippen molar-refractivity contribution >= 4 is 23.2 Å². The summed E-state index contributed by atoms with van der Waals surface area (Å²) < 4.78 is 6.88. The van der Waals surface area contributed by atoms with Crippen molar-refractivity contribution in [2.24, 2.45) is 0 Å². The molecule has 1 aromatic heterocycles. The van der Waals surface area contributed by atoms with Gasteiger partial charge in [0.2, 0.25) is 0 Å². The average molecular weight is 328 g/mol. The predicted molar refractivity (Wildman–Crippen MR) is 103 cm³/mol. The minimum Gasteiger partial charge on any atom is -0.461 e. The molecule has 0 saturated carbocycles. The van der Waals surface area contributed by atoms with E-state index in [4.69, 9.17) is 16.6 Å². The number of hydrogen-bond donors (Lipinski definition) is 0. The van der Waals surface area contributed by atoms with E-state index >= 15 is 0 Å². The number of benzene rings is 3. The molecule has 1 nitrogen and oxygen atoms in total. The highest BCUT2D eigenvalue weighted by molar-refractivity contribution is 7.71. The molecule has 2 heteroatoms. The molecule has 0 fully saturated rings. The lowest BCUT2D eigenvalue weighted by molar-refractivity contribution is 0.566. The van der Waals surface area contributed by atoms with Gasteiger partial charge in [-0.25, -0.2) is 0 Å². The third-order valence-electron chi connectivity index (χ3n) is 4.14. The number of hydrogen-bond acceptors (Lipinski definition) is 2. The van der Waals surface area contributed by atoms with Crippen molar-refractivity contribution in [3.63, 3.8) is 0 Å². The molecule has 0 radical (unpaired) electrons. The predicted octanol–water partition coefficient (Wildman–Crippen LogP) is 6.80. The molecule has 0 saturated heterocycles. The molecule has 4 rings (SSSR count). The minimum absolute atomic E-state index is 0.823. The van der Waals surface area contributed by atoms with Gasteiger partial charge in [-0.2, -0.15) is 0 Å². The maximum atomic E-state index is 6.05. The van der Waals surface area contributed by atoms with Crippen molar-refractivity contribution in [1.82, 2.24) is 0 Å². The second kappa shape index (κ2) is 6.06. The first-order valence-electron chi connectivity index (χ1n) is 7.92. The molecule has 24 heavy (non-hydrogen) atoms. The Morgan fingerprint density at radius 3 is 2.00 bits per heavy atom. The molecular formula is C22H16OS. The lowest BCUT2D eigenvalue weighted by Crippen LogP contribution is -1.87. The lowest BCUT2D eigenvalue weighted by atomic mass is 9.96. The summed E-state index contributed by atoms with van der Waals surface area (Å²) >= 11 is 5.60. The molecule has 0 bridgehead atoms. The summed E-state index contributed by atoms with van der Waals surface area (Å²) in [6.45, 7) is 1.94. The van der Waals surface area contributed by atoms with E-state index in [2.05, 4.69) is 48.5 Å². The maximum Gasteiger partial charge on any atom is 0.143 e. The van der Waals surface area contributed by atoms with Gasteiger partial charge in [0.1, 0.15) is 11.3 Å². The Morgan fingerprint density at radius 1 is 0.708 bits per heavy atom. The molecule has 0 spiro atoms. The molecule has 0 aliphatic rings. The summed E-state index contributed by atoms with van der Waals surface area (Å²) in [5.74, 6) is 0.831. The first-order chi connectivity index (χ1) is 11.7. The Labute approximate surface area is 146 Å². The maximum absolute atomic E-state index is 6.05. The van der Waals surface area contributed by atoms with Crippen LogP contribution in [0.3, 0.4) is 0 Å². The zero-order chi connectivity index (χ0) is 16.5. The molecule has 0 N–H and O–H groups in total. The van der Waals surface area contributed by atoms with E-state index < -0.39 is 0 Å². The van der Waals surface area contributed by atoms with Gasteiger partial charge in [-0.15, -0.1) is 0 Å². The number of fused-ring (bicyclic) bond motifs is 1. The fourth-order valence-corrected chi connectivity index (χ4v) is 3.32. The van der Waals surface area contributed by atoms with Crippen molar-refractivity contribution in [3.8, 4) is 22.3 Å². The number of rotatable bonds is 2. The van der Waals surface area contributed by atoms with Gasteiger partial charge in [0.25, 0.3) is 0 Å². The quantitative estimate of drug-likeness (QED) is 0.375. The second-order valence-corrected chi connectivity index (χ2v) is 6.29. The van der Waals surface area contributed by atoms with Crippen molar-refractivity contribution in [3.05, 3.63) is 89.1 Å². The Bertz CT molecular complexity index is 1060. The normalized spacial score (nSPS) is 10.9. The molecule has 4 aromatic rings. The van der Waals surface area contributed by atoms with E-state index in [0.29, 0.717) is 0 Å². The second-order valence-electron chi connectivity index (χ2n) is 5.85. The van der Waals surface area contributed by atoms with Crippen molar-refractivity contribution in [2.75, 3.05) is 0 Å². The fourth-order valence-electron chi connectivity index (χ4n) is 3.00. The molecule has 116 valence electrons. The topological polar surface area (TPSA) is 13.1 Å². The van der Waals surface area contributed by atoms with E-state index in [1.807, 2.05) is 37.3 Å². The number of aryl methyl sites for hydroxylation is 1. The van der Waals surface area contributed by atoms with Crippen LogP contribution in [0.5, 0.6) is 0 Å². The summed E-state index contributed by atoms with van der Waals surface area (Å²) in [7, 11) is 0. The van der Waals surface area contributed by atoms with Crippen molar-refractivity contribution < 1.29 is 4.42 Å². The van der Waals surface area contributed by atoms with Crippen molar-refractivity contribution in [1.29, 1.82) is 0 Å². The van der Waals surface area contributed by atoms with Crippen LogP contribution in [0.4, 0.5) is 0 Å². The SMILES string of the molecule is Cc1cc(=S)c2cc(-c3ccccc3)cc(-c3ccccc3)c2o1. The largest absolute Gasteiger partial charge is 0.461 e. The van der Waals surface area contributed by atoms with Crippen LogP contribution in [0.15, 0.2) is 83.3 Å². The lowest BCUT2D eigenvalue weighted by Gasteiger charge is -2.11. The van der Waals surface area contributed by atoms with Gasteiger partial charge < -0.3 is 4.42 Å². The van der Waals surface area contributed by atoms with Crippen LogP contribution in [0.2, 0.25) is 0 Å². The van der Waals surface area contributed by atoms with Crippen LogP contribution in [-0.4, -0.2) is 0 Å². The molecular weight excluding hydrogens is 312 g/mol. The van der Waals surface area contributed by atoms with E-state index in [1.165, 1.54) is 5.56 Å². The van der Waals surface area contributed by atoms with Crippen LogP contribution in [0, 0.1) is 11.4 Å². The van der Waals surface area contributed by atoms with Crippen LogP contribution in [0.25, 0.3) is 33.2 Å². The van der Waals surface area contributed by atoms with Gasteiger partial charge in [0, 0.05) is 10.9 Å². The third-order valence-corrected chi connectivity index (χ3v) is 4.48. The molecule has 0 amide bonds. The first-order valence-corrected chi connectivity index (χ1v) is 8.32. The van der Waals surface area contributed by atoms with Crippen LogP contribution >= 0.6 is 12.2 Å². The Balaban J connectivity index is 2.10. The summed E-state index contributed by atoms with van der Waals surface area (Å²) in [4.78, 5) is 0. The Hall–Kier alpha value is -2.71. The minimum atomic E-state index is 0.823.